The lowest BCUT2D eigenvalue weighted by Gasteiger charge is -2.03. The third-order valence-electron chi connectivity index (χ3n) is 2.53. The summed E-state index contributed by atoms with van der Waals surface area (Å²) >= 11 is 0. The van der Waals surface area contributed by atoms with Gasteiger partial charge in [-0.3, -0.25) is 0 Å². The first-order valence-corrected chi connectivity index (χ1v) is 5.30. The molecule has 3 N–H and O–H groups in total. The molecule has 0 spiro atoms. The van der Waals surface area contributed by atoms with E-state index in [-0.39, 0.29) is 0 Å². The van der Waals surface area contributed by atoms with Gasteiger partial charge in [0.2, 0.25) is 0 Å². The molecule has 0 amide bonds. The van der Waals surface area contributed by atoms with E-state index in [0.717, 1.165) is 16.7 Å². The van der Waals surface area contributed by atoms with Crippen molar-refractivity contribution < 1.29 is 4.52 Å². The second-order valence-corrected chi connectivity index (χ2v) is 3.78. The Balaban J connectivity index is 2.00. The second-order valence-electron chi connectivity index (χ2n) is 3.78. The van der Waals surface area contributed by atoms with Crippen LogP contribution in [0.4, 0.5) is 17.2 Å². The Kier molecular flexibility index (Phi) is 2.19. The Hall–Kier alpha value is -2.49. The highest BCUT2D eigenvalue weighted by Crippen LogP contribution is 2.25. The summed E-state index contributed by atoms with van der Waals surface area (Å²) in [6, 6.07) is 15.2. The van der Waals surface area contributed by atoms with E-state index >= 15 is 0 Å². The largest absolute Gasteiger partial charge is 0.399 e. The van der Waals surface area contributed by atoms with Crippen molar-refractivity contribution in [2.24, 2.45) is 0 Å². The molecule has 1 heterocycles. The lowest BCUT2D eigenvalue weighted by atomic mass is 10.2. The fourth-order valence-corrected chi connectivity index (χ4v) is 1.73. The van der Waals surface area contributed by atoms with Crippen LogP contribution in [0.15, 0.2) is 53.1 Å². The van der Waals surface area contributed by atoms with Crippen molar-refractivity contribution in [3.63, 3.8) is 0 Å². The van der Waals surface area contributed by atoms with Gasteiger partial charge in [-0.2, -0.15) is 0 Å². The number of fused-ring (bicyclic) bond motifs is 1. The van der Waals surface area contributed by atoms with E-state index in [0.29, 0.717) is 11.5 Å². The van der Waals surface area contributed by atoms with E-state index in [4.69, 9.17) is 10.3 Å². The molecule has 2 aromatic carbocycles. The van der Waals surface area contributed by atoms with Crippen LogP contribution in [0.5, 0.6) is 0 Å². The summed E-state index contributed by atoms with van der Waals surface area (Å²) in [5.74, 6) is 0.700. The summed E-state index contributed by atoms with van der Waals surface area (Å²) in [5, 5.41) is 8.13. The average molecular weight is 225 g/mol. The SMILES string of the molecule is Nc1cccc(Nc2noc3ccccc23)c1. The zero-order chi connectivity index (χ0) is 11.7. The van der Waals surface area contributed by atoms with Gasteiger partial charge in [0.05, 0.1) is 5.39 Å². The van der Waals surface area contributed by atoms with Gasteiger partial charge in [0.1, 0.15) is 0 Å². The van der Waals surface area contributed by atoms with E-state index in [2.05, 4.69) is 10.5 Å². The predicted molar refractivity (Wildman–Crippen MR) is 68.1 cm³/mol. The highest BCUT2D eigenvalue weighted by atomic mass is 16.5. The minimum absolute atomic E-state index is 0.700. The number of aromatic nitrogens is 1. The molecule has 3 rings (SSSR count). The Morgan fingerprint density at radius 1 is 1.06 bits per heavy atom. The van der Waals surface area contributed by atoms with Crippen molar-refractivity contribution in [1.29, 1.82) is 0 Å². The number of nitrogens with two attached hydrogens (primary N) is 1. The Morgan fingerprint density at radius 3 is 2.82 bits per heavy atom. The van der Waals surface area contributed by atoms with E-state index in [1.807, 2.05) is 48.5 Å². The Bertz CT molecular complexity index is 660. The fraction of sp³-hybridized carbons (Fsp3) is 0. The van der Waals surface area contributed by atoms with Crippen molar-refractivity contribution in [3.8, 4) is 0 Å². The molecule has 84 valence electrons. The zero-order valence-electron chi connectivity index (χ0n) is 9.05. The van der Waals surface area contributed by atoms with E-state index in [1.165, 1.54) is 0 Å². The minimum Gasteiger partial charge on any atom is -0.399 e. The first-order chi connectivity index (χ1) is 8.33. The van der Waals surface area contributed by atoms with Crippen LogP contribution in [0.1, 0.15) is 0 Å². The van der Waals surface area contributed by atoms with Crippen molar-refractivity contribution in [1.82, 2.24) is 5.16 Å². The van der Waals surface area contributed by atoms with Crippen molar-refractivity contribution >= 4 is 28.2 Å². The molecule has 0 radical (unpaired) electrons. The molecule has 0 unspecified atom stereocenters. The molecular weight excluding hydrogens is 214 g/mol. The molecule has 0 saturated carbocycles. The van der Waals surface area contributed by atoms with E-state index in [9.17, 15) is 0 Å². The quantitative estimate of drug-likeness (QED) is 0.657. The molecule has 0 bridgehead atoms. The third kappa shape index (κ3) is 1.80. The van der Waals surface area contributed by atoms with E-state index in [1.54, 1.807) is 0 Å². The standard InChI is InChI=1S/C13H11N3O/c14-9-4-3-5-10(8-9)15-13-11-6-1-2-7-12(11)17-16-13/h1-8H,14H2,(H,15,16). The van der Waals surface area contributed by atoms with Crippen LogP contribution in [-0.2, 0) is 0 Å². The van der Waals surface area contributed by atoms with Crippen LogP contribution in [-0.4, -0.2) is 5.16 Å². The molecule has 0 saturated heterocycles. The molecule has 0 aliphatic rings. The summed E-state index contributed by atoms with van der Waals surface area (Å²) in [4.78, 5) is 0. The normalized spacial score (nSPS) is 10.6. The smallest absolute Gasteiger partial charge is 0.181 e. The summed E-state index contributed by atoms with van der Waals surface area (Å²) in [6.45, 7) is 0. The van der Waals surface area contributed by atoms with Crippen LogP contribution in [0, 0.1) is 0 Å². The molecular formula is C13H11N3O. The van der Waals surface area contributed by atoms with Gasteiger partial charge in [-0.05, 0) is 30.3 Å². The third-order valence-corrected chi connectivity index (χ3v) is 2.53. The predicted octanol–water partition coefficient (Wildman–Crippen LogP) is 3.15. The molecule has 0 atom stereocenters. The van der Waals surface area contributed by atoms with Crippen molar-refractivity contribution in [2.45, 2.75) is 0 Å². The maximum absolute atomic E-state index is 5.72. The van der Waals surface area contributed by atoms with Crippen LogP contribution in [0.3, 0.4) is 0 Å². The highest BCUT2D eigenvalue weighted by molar-refractivity contribution is 5.89. The second kappa shape index (κ2) is 3.83. The maximum atomic E-state index is 5.72. The van der Waals surface area contributed by atoms with Crippen LogP contribution >= 0.6 is 0 Å². The van der Waals surface area contributed by atoms with Gasteiger partial charge in [0.25, 0.3) is 0 Å². The summed E-state index contributed by atoms with van der Waals surface area (Å²) in [7, 11) is 0. The average Bonchev–Trinajstić information content (AvgIpc) is 2.73. The Labute approximate surface area is 98.0 Å². The topological polar surface area (TPSA) is 64.1 Å². The maximum Gasteiger partial charge on any atom is 0.181 e. The fourth-order valence-electron chi connectivity index (χ4n) is 1.73. The number of anilines is 3. The molecule has 0 fully saturated rings. The number of para-hydroxylation sites is 1. The first-order valence-electron chi connectivity index (χ1n) is 5.30. The highest BCUT2D eigenvalue weighted by Gasteiger charge is 2.06. The number of nitrogen functional groups attached to an aromatic ring is 1. The summed E-state index contributed by atoms with van der Waals surface area (Å²) in [6.07, 6.45) is 0. The van der Waals surface area contributed by atoms with Gasteiger partial charge in [-0.25, -0.2) is 0 Å². The number of hydrogen-bond donors (Lipinski definition) is 2. The van der Waals surface area contributed by atoms with Gasteiger partial charge in [-0.1, -0.05) is 23.4 Å². The molecule has 4 heteroatoms. The molecule has 0 aliphatic carbocycles. The summed E-state index contributed by atoms with van der Waals surface area (Å²) < 4.78 is 5.21. The molecule has 4 nitrogen and oxygen atoms in total. The van der Waals surface area contributed by atoms with E-state index < -0.39 is 0 Å². The molecule has 0 aliphatic heterocycles. The van der Waals surface area contributed by atoms with Crippen molar-refractivity contribution in [2.75, 3.05) is 11.1 Å². The first kappa shape index (κ1) is 9.72. The number of rotatable bonds is 2. The monoisotopic (exact) mass is 225 g/mol. The van der Waals surface area contributed by atoms with Gasteiger partial charge in [0.15, 0.2) is 11.4 Å². The molecule has 17 heavy (non-hydrogen) atoms. The summed E-state index contributed by atoms with van der Waals surface area (Å²) in [5.41, 5.74) is 8.08. The zero-order valence-corrected chi connectivity index (χ0v) is 9.05. The Morgan fingerprint density at radius 2 is 1.94 bits per heavy atom. The number of nitrogens with zero attached hydrogens (tertiary/aromatic N) is 1. The van der Waals surface area contributed by atoms with Crippen LogP contribution in [0.25, 0.3) is 11.0 Å². The van der Waals surface area contributed by atoms with Crippen LogP contribution in [0.2, 0.25) is 0 Å². The number of hydrogen-bond acceptors (Lipinski definition) is 4. The van der Waals surface area contributed by atoms with Crippen molar-refractivity contribution in [3.05, 3.63) is 48.5 Å². The van der Waals surface area contributed by atoms with Crippen LogP contribution < -0.4 is 11.1 Å². The molecule has 1 aromatic heterocycles. The number of nitrogens with one attached hydrogen (secondary N) is 1. The number of benzene rings is 2. The van der Waals surface area contributed by atoms with Gasteiger partial charge in [-0.15, -0.1) is 0 Å². The molecule has 3 aromatic rings. The lowest BCUT2D eigenvalue weighted by molar-refractivity contribution is 0.460. The van der Waals surface area contributed by atoms with Gasteiger partial charge >= 0.3 is 0 Å². The lowest BCUT2D eigenvalue weighted by Crippen LogP contribution is -1.92. The van der Waals surface area contributed by atoms with Gasteiger partial charge < -0.3 is 15.6 Å². The minimum atomic E-state index is 0.700. The van der Waals surface area contributed by atoms with Gasteiger partial charge in [0, 0.05) is 11.4 Å².